The maximum Gasteiger partial charge on any atom is 0.152 e. The van der Waals surface area contributed by atoms with E-state index in [-0.39, 0.29) is 0 Å². The van der Waals surface area contributed by atoms with E-state index in [1.165, 1.54) is 0 Å². The highest BCUT2D eigenvalue weighted by Gasteiger charge is 2.11. The number of nitrogens with zero attached hydrogens (tertiary/aromatic N) is 4. The van der Waals surface area contributed by atoms with Gasteiger partial charge in [0.1, 0.15) is 16.5 Å². The van der Waals surface area contributed by atoms with Gasteiger partial charge in [-0.25, -0.2) is 15.0 Å². The van der Waals surface area contributed by atoms with Crippen molar-refractivity contribution in [3.8, 4) is 0 Å². The number of benzene rings is 1. The van der Waals surface area contributed by atoms with Gasteiger partial charge in [0.15, 0.2) is 5.82 Å². The van der Waals surface area contributed by atoms with Crippen LogP contribution in [-0.4, -0.2) is 19.5 Å². The number of imidazole rings is 1. The van der Waals surface area contributed by atoms with Crippen molar-refractivity contribution in [2.45, 2.75) is 13.5 Å². The first-order valence-corrected chi connectivity index (χ1v) is 7.52. The number of rotatable bonds is 2. The lowest BCUT2D eigenvalue weighted by Crippen LogP contribution is -2.07. The Morgan fingerprint density at radius 2 is 2.00 bits per heavy atom. The lowest BCUT2D eigenvalue weighted by atomic mass is 10.3. The molecule has 0 aliphatic rings. The van der Waals surface area contributed by atoms with E-state index in [1.54, 1.807) is 11.3 Å². The topological polar surface area (TPSA) is 69.6 Å². The van der Waals surface area contributed by atoms with Gasteiger partial charge in [0.05, 0.1) is 23.0 Å². The Bertz CT molecular complexity index is 953. The summed E-state index contributed by atoms with van der Waals surface area (Å²) in [5.74, 6) is 2.21. The predicted octanol–water partition coefficient (Wildman–Crippen LogP) is 2.98. The van der Waals surface area contributed by atoms with Crippen LogP contribution in [0.4, 0.5) is 5.82 Å². The van der Waals surface area contributed by atoms with Crippen molar-refractivity contribution >= 4 is 38.4 Å². The molecule has 0 unspecified atom stereocenters. The Morgan fingerprint density at radius 3 is 2.90 bits per heavy atom. The van der Waals surface area contributed by atoms with Crippen LogP contribution in [0.3, 0.4) is 0 Å². The Labute approximate surface area is 125 Å². The van der Waals surface area contributed by atoms with Crippen LogP contribution in [0.15, 0.2) is 35.7 Å². The molecule has 0 saturated heterocycles. The molecule has 5 nitrogen and oxygen atoms in total. The van der Waals surface area contributed by atoms with E-state index in [0.29, 0.717) is 18.2 Å². The average Bonchev–Trinajstić information content (AvgIpc) is 3.05. The van der Waals surface area contributed by atoms with Crippen LogP contribution in [0, 0.1) is 6.92 Å². The molecule has 104 valence electrons. The van der Waals surface area contributed by atoms with Crippen LogP contribution >= 0.6 is 11.3 Å². The summed E-state index contributed by atoms with van der Waals surface area (Å²) in [5, 5.41) is 2.91. The van der Waals surface area contributed by atoms with E-state index in [2.05, 4.69) is 25.6 Å². The first kappa shape index (κ1) is 12.3. The molecule has 0 fully saturated rings. The molecule has 6 heteroatoms. The molecule has 0 atom stereocenters. The molecular weight excluding hydrogens is 282 g/mol. The fourth-order valence-corrected chi connectivity index (χ4v) is 3.32. The van der Waals surface area contributed by atoms with Gasteiger partial charge >= 0.3 is 0 Å². The SMILES string of the molecule is Cc1nc2ccccc2n1Cc1nc(N)c2ccsc2n1. The third kappa shape index (κ3) is 1.95. The molecule has 3 heterocycles. The highest BCUT2D eigenvalue weighted by atomic mass is 32.1. The molecule has 21 heavy (non-hydrogen) atoms. The molecule has 0 aliphatic heterocycles. The molecule has 1 aromatic carbocycles. The number of para-hydroxylation sites is 2. The van der Waals surface area contributed by atoms with Crippen molar-refractivity contribution in [1.82, 2.24) is 19.5 Å². The van der Waals surface area contributed by atoms with Gasteiger partial charge in [0.25, 0.3) is 0 Å². The van der Waals surface area contributed by atoms with Crippen LogP contribution < -0.4 is 5.73 Å². The number of hydrogen-bond donors (Lipinski definition) is 1. The maximum absolute atomic E-state index is 6.01. The average molecular weight is 295 g/mol. The number of nitrogens with two attached hydrogens (primary N) is 1. The molecule has 0 spiro atoms. The lowest BCUT2D eigenvalue weighted by molar-refractivity contribution is 0.744. The Morgan fingerprint density at radius 1 is 1.14 bits per heavy atom. The van der Waals surface area contributed by atoms with Crippen molar-refractivity contribution in [1.29, 1.82) is 0 Å². The van der Waals surface area contributed by atoms with Gasteiger partial charge in [0, 0.05) is 0 Å². The summed E-state index contributed by atoms with van der Waals surface area (Å²) in [6.45, 7) is 2.57. The summed E-state index contributed by atoms with van der Waals surface area (Å²) >= 11 is 1.58. The van der Waals surface area contributed by atoms with Gasteiger partial charge in [-0.2, -0.15) is 0 Å². The maximum atomic E-state index is 6.01. The molecular formula is C15H13N5S. The van der Waals surface area contributed by atoms with Crippen LogP contribution in [0.1, 0.15) is 11.6 Å². The van der Waals surface area contributed by atoms with E-state index in [0.717, 1.165) is 27.1 Å². The summed E-state index contributed by atoms with van der Waals surface area (Å²) in [4.78, 5) is 14.5. The second-order valence-corrected chi connectivity index (χ2v) is 5.79. The smallest absolute Gasteiger partial charge is 0.152 e. The normalized spacial score (nSPS) is 11.5. The predicted molar refractivity (Wildman–Crippen MR) is 85.4 cm³/mol. The highest BCUT2D eigenvalue weighted by molar-refractivity contribution is 7.16. The third-order valence-electron chi connectivity index (χ3n) is 3.55. The number of anilines is 1. The summed E-state index contributed by atoms with van der Waals surface area (Å²) in [5.41, 5.74) is 8.08. The lowest BCUT2D eigenvalue weighted by Gasteiger charge is -2.07. The Hall–Kier alpha value is -2.47. The van der Waals surface area contributed by atoms with Crippen molar-refractivity contribution in [2.24, 2.45) is 0 Å². The standard InChI is InChI=1S/C15H13N5S/c1-9-17-11-4-2-3-5-12(11)20(9)8-13-18-14(16)10-6-7-21-15(10)19-13/h2-7H,8H2,1H3,(H2,16,18,19). The fourth-order valence-electron chi connectivity index (χ4n) is 2.53. The molecule has 0 saturated carbocycles. The van der Waals surface area contributed by atoms with Gasteiger partial charge in [-0.3, -0.25) is 0 Å². The molecule has 4 rings (SSSR count). The number of aromatic nitrogens is 4. The van der Waals surface area contributed by atoms with Gasteiger partial charge in [0.2, 0.25) is 0 Å². The van der Waals surface area contributed by atoms with Gasteiger partial charge in [-0.1, -0.05) is 12.1 Å². The zero-order chi connectivity index (χ0) is 14.4. The van der Waals surface area contributed by atoms with Crippen LogP contribution in [0.2, 0.25) is 0 Å². The number of nitrogen functional groups attached to an aromatic ring is 1. The molecule has 0 radical (unpaired) electrons. The summed E-state index contributed by atoms with van der Waals surface area (Å²) < 4.78 is 2.11. The van der Waals surface area contributed by atoms with Crippen molar-refractivity contribution in [2.75, 3.05) is 5.73 Å². The van der Waals surface area contributed by atoms with Gasteiger partial charge < -0.3 is 10.3 Å². The molecule has 2 N–H and O–H groups in total. The second kappa shape index (κ2) is 4.53. The van der Waals surface area contributed by atoms with E-state index in [4.69, 9.17) is 5.73 Å². The van der Waals surface area contributed by atoms with Crippen molar-refractivity contribution < 1.29 is 0 Å². The van der Waals surface area contributed by atoms with Gasteiger partial charge in [-0.05, 0) is 30.5 Å². The van der Waals surface area contributed by atoms with E-state index >= 15 is 0 Å². The zero-order valence-electron chi connectivity index (χ0n) is 11.4. The zero-order valence-corrected chi connectivity index (χ0v) is 12.3. The minimum Gasteiger partial charge on any atom is -0.383 e. The fraction of sp³-hybridized carbons (Fsp3) is 0.133. The van der Waals surface area contributed by atoms with Crippen molar-refractivity contribution in [3.63, 3.8) is 0 Å². The Kier molecular flexibility index (Phi) is 2.65. The minimum atomic E-state index is 0.540. The number of hydrogen-bond acceptors (Lipinski definition) is 5. The molecule has 0 amide bonds. The molecule has 3 aromatic heterocycles. The first-order chi connectivity index (χ1) is 10.2. The quantitative estimate of drug-likeness (QED) is 0.617. The number of thiophene rings is 1. The first-order valence-electron chi connectivity index (χ1n) is 6.64. The molecule has 4 aromatic rings. The molecule has 0 aliphatic carbocycles. The molecule has 0 bridgehead atoms. The van der Waals surface area contributed by atoms with E-state index < -0.39 is 0 Å². The summed E-state index contributed by atoms with van der Waals surface area (Å²) in [7, 11) is 0. The minimum absolute atomic E-state index is 0.540. The van der Waals surface area contributed by atoms with E-state index in [1.807, 2.05) is 36.6 Å². The summed E-state index contributed by atoms with van der Waals surface area (Å²) in [6, 6.07) is 10.0. The third-order valence-corrected chi connectivity index (χ3v) is 4.35. The largest absolute Gasteiger partial charge is 0.383 e. The monoisotopic (exact) mass is 295 g/mol. The van der Waals surface area contributed by atoms with Gasteiger partial charge in [-0.15, -0.1) is 11.3 Å². The highest BCUT2D eigenvalue weighted by Crippen LogP contribution is 2.24. The second-order valence-electron chi connectivity index (χ2n) is 4.90. The van der Waals surface area contributed by atoms with Crippen LogP contribution in [0.25, 0.3) is 21.3 Å². The van der Waals surface area contributed by atoms with E-state index in [9.17, 15) is 0 Å². The van der Waals surface area contributed by atoms with Crippen LogP contribution in [0.5, 0.6) is 0 Å². The van der Waals surface area contributed by atoms with Crippen LogP contribution in [-0.2, 0) is 6.54 Å². The number of aryl methyl sites for hydroxylation is 1. The Balaban J connectivity index is 1.84. The number of fused-ring (bicyclic) bond motifs is 2. The van der Waals surface area contributed by atoms with Crippen molar-refractivity contribution in [3.05, 3.63) is 47.4 Å². The summed E-state index contributed by atoms with van der Waals surface area (Å²) in [6.07, 6.45) is 0.